The third kappa shape index (κ3) is 3.76. The van der Waals surface area contributed by atoms with Gasteiger partial charge in [0, 0.05) is 37.2 Å². The zero-order valence-electron chi connectivity index (χ0n) is 12.5. The first-order valence-corrected chi connectivity index (χ1v) is 7.20. The summed E-state index contributed by atoms with van der Waals surface area (Å²) >= 11 is 0. The van der Waals surface area contributed by atoms with Crippen molar-refractivity contribution in [2.45, 2.75) is 20.3 Å². The standard InChI is InChI=1S/C16H24N4/c1-12(2)10-20-16(17-3)18-9-8-13-11-19-15-7-5-4-6-14(13)15/h4-7,11-12,19H,8-10H2,1-3H3,(H2,17,18,20). The fourth-order valence-corrected chi connectivity index (χ4v) is 2.18. The zero-order chi connectivity index (χ0) is 14.4. The minimum atomic E-state index is 0.613. The average Bonchev–Trinajstić information content (AvgIpc) is 2.86. The lowest BCUT2D eigenvalue weighted by atomic mass is 10.1. The van der Waals surface area contributed by atoms with Crippen molar-refractivity contribution in [2.75, 3.05) is 20.1 Å². The summed E-state index contributed by atoms with van der Waals surface area (Å²) < 4.78 is 0. The number of nitrogens with one attached hydrogen (secondary N) is 3. The maximum Gasteiger partial charge on any atom is 0.190 e. The van der Waals surface area contributed by atoms with Crippen LogP contribution in [0, 0.1) is 5.92 Å². The van der Waals surface area contributed by atoms with Crippen LogP contribution in [0.2, 0.25) is 0 Å². The van der Waals surface area contributed by atoms with E-state index in [0.29, 0.717) is 5.92 Å². The largest absolute Gasteiger partial charge is 0.361 e. The number of hydrogen-bond acceptors (Lipinski definition) is 1. The van der Waals surface area contributed by atoms with Gasteiger partial charge >= 0.3 is 0 Å². The van der Waals surface area contributed by atoms with Gasteiger partial charge in [-0.05, 0) is 24.0 Å². The second-order valence-corrected chi connectivity index (χ2v) is 5.38. The van der Waals surface area contributed by atoms with Gasteiger partial charge in [-0.15, -0.1) is 0 Å². The van der Waals surface area contributed by atoms with Crippen molar-refractivity contribution >= 4 is 16.9 Å². The third-order valence-electron chi connectivity index (χ3n) is 3.26. The highest BCUT2D eigenvalue weighted by atomic mass is 15.2. The average molecular weight is 272 g/mol. The normalized spacial score (nSPS) is 12.1. The second-order valence-electron chi connectivity index (χ2n) is 5.38. The van der Waals surface area contributed by atoms with Gasteiger partial charge in [0.05, 0.1) is 0 Å². The van der Waals surface area contributed by atoms with Crippen molar-refractivity contribution < 1.29 is 0 Å². The quantitative estimate of drug-likeness (QED) is 0.579. The molecule has 2 aromatic rings. The Morgan fingerprint density at radius 3 is 2.80 bits per heavy atom. The molecule has 0 aliphatic heterocycles. The van der Waals surface area contributed by atoms with Crippen LogP contribution in [0.4, 0.5) is 0 Å². The number of para-hydroxylation sites is 1. The second kappa shape index (κ2) is 6.98. The molecule has 0 bridgehead atoms. The summed E-state index contributed by atoms with van der Waals surface area (Å²) in [6.45, 7) is 6.19. The van der Waals surface area contributed by atoms with E-state index in [1.807, 2.05) is 0 Å². The van der Waals surface area contributed by atoms with E-state index in [9.17, 15) is 0 Å². The van der Waals surface area contributed by atoms with Crippen LogP contribution in [-0.2, 0) is 6.42 Å². The number of hydrogen-bond donors (Lipinski definition) is 3. The van der Waals surface area contributed by atoms with E-state index in [1.165, 1.54) is 16.5 Å². The molecule has 20 heavy (non-hydrogen) atoms. The first-order valence-electron chi connectivity index (χ1n) is 7.20. The number of aromatic nitrogens is 1. The van der Waals surface area contributed by atoms with Crippen molar-refractivity contribution in [2.24, 2.45) is 10.9 Å². The Bertz CT molecular complexity index is 569. The molecule has 0 saturated carbocycles. The number of aliphatic imine (C=N–C) groups is 1. The molecule has 0 spiro atoms. The SMILES string of the molecule is CN=C(NCCc1c[nH]c2ccccc12)NCC(C)C. The third-order valence-corrected chi connectivity index (χ3v) is 3.26. The Balaban J connectivity index is 1.86. The number of rotatable bonds is 5. The van der Waals surface area contributed by atoms with Crippen LogP contribution < -0.4 is 10.6 Å². The van der Waals surface area contributed by atoms with E-state index in [2.05, 4.69) is 64.9 Å². The van der Waals surface area contributed by atoms with Crippen LogP contribution in [-0.4, -0.2) is 31.1 Å². The highest BCUT2D eigenvalue weighted by Crippen LogP contribution is 2.17. The maximum absolute atomic E-state index is 4.23. The van der Waals surface area contributed by atoms with Gasteiger partial charge in [-0.2, -0.15) is 0 Å². The fourth-order valence-electron chi connectivity index (χ4n) is 2.18. The van der Waals surface area contributed by atoms with Crippen molar-refractivity contribution in [3.8, 4) is 0 Å². The van der Waals surface area contributed by atoms with Gasteiger partial charge in [-0.25, -0.2) is 0 Å². The molecular formula is C16H24N4. The molecule has 108 valence electrons. The summed E-state index contributed by atoms with van der Waals surface area (Å²) in [4.78, 5) is 7.53. The lowest BCUT2D eigenvalue weighted by molar-refractivity contribution is 0.614. The summed E-state index contributed by atoms with van der Waals surface area (Å²) in [7, 11) is 1.81. The Morgan fingerprint density at radius 1 is 1.25 bits per heavy atom. The number of nitrogens with zero attached hydrogens (tertiary/aromatic N) is 1. The van der Waals surface area contributed by atoms with Crippen molar-refractivity contribution in [1.29, 1.82) is 0 Å². The van der Waals surface area contributed by atoms with Crippen molar-refractivity contribution in [3.63, 3.8) is 0 Å². The number of aromatic amines is 1. The van der Waals surface area contributed by atoms with Crippen LogP contribution in [0.15, 0.2) is 35.5 Å². The van der Waals surface area contributed by atoms with Gasteiger partial charge in [0.25, 0.3) is 0 Å². The van der Waals surface area contributed by atoms with Gasteiger partial charge in [0.2, 0.25) is 0 Å². The Morgan fingerprint density at radius 2 is 2.05 bits per heavy atom. The first-order chi connectivity index (χ1) is 9.70. The van der Waals surface area contributed by atoms with Gasteiger partial charge in [0.15, 0.2) is 5.96 Å². The smallest absolute Gasteiger partial charge is 0.190 e. The molecule has 0 amide bonds. The maximum atomic E-state index is 4.23. The van der Waals surface area contributed by atoms with Crippen LogP contribution in [0.5, 0.6) is 0 Å². The monoisotopic (exact) mass is 272 g/mol. The minimum Gasteiger partial charge on any atom is -0.361 e. The first kappa shape index (κ1) is 14.4. The molecule has 1 heterocycles. The predicted molar refractivity (Wildman–Crippen MR) is 86.2 cm³/mol. The van der Waals surface area contributed by atoms with Crippen LogP contribution >= 0.6 is 0 Å². The van der Waals surface area contributed by atoms with E-state index < -0.39 is 0 Å². The molecule has 3 N–H and O–H groups in total. The van der Waals surface area contributed by atoms with Crippen LogP contribution in [0.25, 0.3) is 10.9 Å². The zero-order valence-corrected chi connectivity index (χ0v) is 12.5. The molecule has 4 heteroatoms. The van der Waals surface area contributed by atoms with Crippen molar-refractivity contribution in [1.82, 2.24) is 15.6 Å². The molecule has 1 aromatic carbocycles. The van der Waals surface area contributed by atoms with E-state index in [0.717, 1.165) is 25.5 Å². The Kier molecular flexibility index (Phi) is 5.04. The van der Waals surface area contributed by atoms with E-state index in [4.69, 9.17) is 0 Å². The molecule has 0 aliphatic rings. The fraction of sp³-hybridized carbons (Fsp3) is 0.438. The van der Waals surface area contributed by atoms with Crippen LogP contribution in [0.1, 0.15) is 19.4 Å². The molecule has 0 fully saturated rings. The number of guanidine groups is 1. The van der Waals surface area contributed by atoms with E-state index >= 15 is 0 Å². The summed E-state index contributed by atoms with van der Waals surface area (Å²) in [6.07, 6.45) is 3.07. The van der Waals surface area contributed by atoms with E-state index in [-0.39, 0.29) is 0 Å². The molecule has 0 radical (unpaired) electrons. The summed E-state index contributed by atoms with van der Waals surface area (Å²) in [5.74, 6) is 1.49. The highest BCUT2D eigenvalue weighted by molar-refractivity contribution is 5.83. The number of benzene rings is 1. The topological polar surface area (TPSA) is 52.2 Å². The molecule has 2 rings (SSSR count). The van der Waals surface area contributed by atoms with Crippen LogP contribution in [0.3, 0.4) is 0 Å². The van der Waals surface area contributed by atoms with E-state index in [1.54, 1.807) is 7.05 Å². The molecule has 0 saturated heterocycles. The number of H-pyrrole nitrogens is 1. The lowest BCUT2D eigenvalue weighted by Gasteiger charge is -2.13. The summed E-state index contributed by atoms with van der Waals surface area (Å²) in [5.41, 5.74) is 2.54. The Labute approximate surface area is 120 Å². The molecule has 1 aromatic heterocycles. The van der Waals surface area contributed by atoms with Gasteiger partial charge in [-0.1, -0.05) is 32.0 Å². The molecular weight excluding hydrogens is 248 g/mol. The molecule has 0 unspecified atom stereocenters. The minimum absolute atomic E-state index is 0.613. The Hall–Kier alpha value is -1.97. The van der Waals surface area contributed by atoms with Gasteiger partial charge in [0.1, 0.15) is 0 Å². The highest BCUT2D eigenvalue weighted by Gasteiger charge is 2.03. The molecule has 0 aliphatic carbocycles. The number of fused-ring (bicyclic) bond motifs is 1. The predicted octanol–water partition coefficient (Wildman–Crippen LogP) is 2.53. The molecule has 4 nitrogen and oxygen atoms in total. The lowest BCUT2D eigenvalue weighted by Crippen LogP contribution is -2.39. The van der Waals surface area contributed by atoms with Crippen molar-refractivity contribution in [3.05, 3.63) is 36.0 Å². The summed E-state index contributed by atoms with van der Waals surface area (Å²) in [6, 6.07) is 8.40. The van der Waals surface area contributed by atoms with Gasteiger partial charge < -0.3 is 15.6 Å². The van der Waals surface area contributed by atoms with Gasteiger partial charge in [-0.3, -0.25) is 4.99 Å². The summed E-state index contributed by atoms with van der Waals surface area (Å²) in [5, 5.41) is 7.97. The molecule has 0 atom stereocenters.